The van der Waals surface area contributed by atoms with E-state index in [-0.39, 0.29) is 17.2 Å². The molecule has 1 amide bonds. The molecular formula is C19H19BrF2N2O2. The number of halogens is 3. The van der Waals surface area contributed by atoms with Gasteiger partial charge in [-0.1, -0.05) is 46.3 Å². The molecule has 0 atom stereocenters. The van der Waals surface area contributed by atoms with Gasteiger partial charge in [0, 0.05) is 37.2 Å². The van der Waals surface area contributed by atoms with E-state index in [4.69, 9.17) is 0 Å². The van der Waals surface area contributed by atoms with Crippen LogP contribution in [0.15, 0.2) is 53.0 Å². The zero-order chi connectivity index (χ0) is 18.5. The largest absolute Gasteiger partial charge is 0.434 e. The minimum Gasteiger partial charge on any atom is -0.434 e. The molecule has 1 fully saturated rings. The maximum atomic E-state index is 12.8. The van der Waals surface area contributed by atoms with Crippen LogP contribution in [0.25, 0.3) is 0 Å². The van der Waals surface area contributed by atoms with Gasteiger partial charge in [0.2, 0.25) is 0 Å². The van der Waals surface area contributed by atoms with E-state index in [0.29, 0.717) is 17.6 Å². The smallest absolute Gasteiger partial charge is 0.387 e. The molecule has 3 rings (SSSR count). The maximum Gasteiger partial charge on any atom is 0.387 e. The summed E-state index contributed by atoms with van der Waals surface area (Å²) in [4.78, 5) is 16.7. The van der Waals surface area contributed by atoms with Crippen LogP contribution in [0.2, 0.25) is 0 Å². The van der Waals surface area contributed by atoms with Crippen LogP contribution in [-0.4, -0.2) is 48.5 Å². The molecule has 1 aliphatic rings. The third-order valence-electron chi connectivity index (χ3n) is 4.30. The fourth-order valence-corrected chi connectivity index (χ4v) is 3.35. The molecule has 0 bridgehead atoms. The topological polar surface area (TPSA) is 32.8 Å². The van der Waals surface area contributed by atoms with Crippen molar-refractivity contribution < 1.29 is 18.3 Å². The van der Waals surface area contributed by atoms with Crippen LogP contribution in [-0.2, 0) is 6.54 Å². The van der Waals surface area contributed by atoms with Crippen LogP contribution in [0, 0.1) is 0 Å². The molecule has 0 spiro atoms. The van der Waals surface area contributed by atoms with Crippen molar-refractivity contribution in [3.05, 3.63) is 64.1 Å². The normalized spacial score (nSPS) is 15.3. The second-order valence-electron chi connectivity index (χ2n) is 6.07. The number of piperazine rings is 1. The van der Waals surface area contributed by atoms with Gasteiger partial charge in [-0.15, -0.1) is 0 Å². The predicted molar refractivity (Wildman–Crippen MR) is 98.4 cm³/mol. The number of nitrogens with zero attached hydrogens (tertiary/aromatic N) is 2. The Morgan fingerprint density at radius 1 is 1.08 bits per heavy atom. The molecule has 138 valence electrons. The summed E-state index contributed by atoms with van der Waals surface area (Å²) in [5.41, 5.74) is 1.38. The third kappa shape index (κ3) is 4.80. The summed E-state index contributed by atoms with van der Waals surface area (Å²) in [6.07, 6.45) is 0. The molecule has 1 aliphatic heterocycles. The van der Waals surface area contributed by atoms with E-state index in [1.165, 1.54) is 17.7 Å². The molecule has 0 aliphatic carbocycles. The molecule has 7 heteroatoms. The van der Waals surface area contributed by atoms with Crippen molar-refractivity contribution in [1.82, 2.24) is 9.80 Å². The monoisotopic (exact) mass is 424 g/mol. The number of benzene rings is 2. The Bertz CT molecular complexity index is 750. The highest BCUT2D eigenvalue weighted by molar-refractivity contribution is 9.10. The van der Waals surface area contributed by atoms with Gasteiger partial charge in [-0.3, -0.25) is 9.69 Å². The number of rotatable bonds is 5. The summed E-state index contributed by atoms with van der Waals surface area (Å²) in [6.45, 7) is 0.433. The maximum absolute atomic E-state index is 12.8. The van der Waals surface area contributed by atoms with Crippen molar-refractivity contribution in [1.29, 1.82) is 0 Å². The highest BCUT2D eigenvalue weighted by atomic mass is 79.9. The SMILES string of the molecule is O=C(c1cc(Br)ccc1OC(F)F)N1CCN(Cc2ccccc2)CC1. The molecule has 0 N–H and O–H groups in total. The Morgan fingerprint density at radius 2 is 1.77 bits per heavy atom. The molecule has 1 saturated heterocycles. The van der Waals surface area contributed by atoms with E-state index < -0.39 is 6.61 Å². The number of ether oxygens (including phenoxy) is 1. The number of amides is 1. The Hall–Kier alpha value is -1.99. The molecule has 0 aromatic heterocycles. The number of hydrogen-bond acceptors (Lipinski definition) is 3. The first-order valence-electron chi connectivity index (χ1n) is 8.33. The standard InChI is InChI=1S/C19H19BrF2N2O2/c20-15-6-7-17(26-19(21)22)16(12-15)18(25)24-10-8-23(9-11-24)13-14-4-2-1-3-5-14/h1-7,12,19H,8-11,13H2. The van der Waals surface area contributed by atoms with Gasteiger partial charge in [0.1, 0.15) is 5.75 Å². The van der Waals surface area contributed by atoms with E-state index in [1.807, 2.05) is 18.2 Å². The zero-order valence-corrected chi connectivity index (χ0v) is 15.7. The van der Waals surface area contributed by atoms with Gasteiger partial charge in [0.25, 0.3) is 5.91 Å². The lowest BCUT2D eigenvalue weighted by molar-refractivity contribution is -0.0503. The molecule has 0 saturated carbocycles. The van der Waals surface area contributed by atoms with Crippen molar-refractivity contribution in [3.8, 4) is 5.75 Å². The fraction of sp³-hybridized carbons (Fsp3) is 0.316. The summed E-state index contributed by atoms with van der Waals surface area (Å²) in [5, 5.41) is 0. The lowest BCUT2D eigenvalue weighted by Gasteiger charge is -2.35. The average molecular weight is 425 g/mol. The van der Waals surface area contributed by atoms with Crippen LogP contribution in [0.5, 0.6) is 5.75 Å². The highest BCUT2D eigenvalue weighted by Crippen LogP contribution is 2.26. The van der Waals surface area contributed by atoms with Crippen LogP contribution < -0.4 is 4.74 Å². The second-order valence-corrected chi connectivity index (χ2v) is 6.99. The van der Waals surface area contributed by atoms with Gasteiger partial charge in [0.05, 0.1) is 5.56 Å². The van der Waals surface area contributed by atoms with Crippen LogP contribution in [0.3, 0.4) is 0 Å². The Balaban J connectivity index is 1.64. The first-order valence-corrected chi connectivity index (χ1v) is 9.12. The van der Waals surface area contributed by atoms with Crippen molar-refractivity contribution in [2.24, 2.45) is 0 Å². The second kappa shape index (κ2) is 8.60. The minimum absolute atomic E-state index is 0.0973. The van der Waals surface area contributed by atoms with E-state index in [0.717, 1.165) is 19.6 Å². The van der Waals surface area contributed by atoms with Gasteiger partial charge >= 0.3 is 6.61 Å². The summed E-state index contributed by atoms with van der Waals surface area (Å²) >= 11 is 3.28. The lowest BCUT2D eigenvalue weighted by Crippen LogP contribution is -2.48. The summed E-state index contributed by atoms with van der Waals surface area (Å²) in [7, 11) is 0. The van der Waals surface area contributed by atoms with Crippen LogP contribution in [0.1, 0.15) is 15.9 Å². The van der Waals surface area contributed by atoms with Crippen molar-refractivity contribution >= 4 is 21.8 Å². The van der Waals surface area contributed by atoms with Gasteiger partial charge in [-0.25, -0.2) is 0 Å². The van der Waals surface area contributed by atoms with Gasteiger partial charge in [0.15, 0.2) is 0 Å². The van der Waals surface area contributed by atoms with Gasteiger partial charge in [-0.05, 0) is 23.8 Å². The molecular weight excluding hydrogens is 406 g/mol. The number of hydrogen-bond donors (Lipinski definition) is 0. The molecule has 0 radical (unpaired) electrons. The highest BCUT2D eigenvalue weighted by Gasteiger charge is 2.25. The van der Waals surface area contributed by atoms with Crippen LogP contribution in [0.4, 0.5) is 8.78 Å². The van der Waals surface area contributed by atoms with Crippen molar-refractivity contribution in [3.63, 3.8) is 0 Å². The van der Waals surface area contributed by atoms with Crippen molar-refractivity contribution in [2.45, 2.75) is 13.2 Å². The minimum atomic E-state index is -2.97. The third-order valence-corrected chi connectivity index (χ3v) is 4.79. The fourth-order valence-electron chi connectivity index (χ4n) is 2.99. The Labute approximate surface area is 159 Å². The average Bonchev–Trinajstić information content (AvgIpc) is 2.64. The lowest BCUT2D eigenvalue weighted by atomic mass is 10.1. The van der Waals surface area contributed by atoms with E-state index in [1.54, 1.807) is 11.0 Å². The summed E-state index contributed by atoms with van der Waals surface area (Å²) < 4.78 is 30.3. The molecule has 2 aromatic rings. The predicted octanol–water partition coefficient (Wildman–Crippen LogP) is 4.01. The molecule has 1 heterocycles. The number of carbonyl (C=O) groups excluding carboxylic acids is 1. The first kappa shape index (κ1) is 18.8. The van der Waals surface area contributed by atoms with E-state index >= 15 is 0 Å². The molecule has 0 unspecified atom stereocenters. The van der Waals surface area contributed by atoms with E-state index in [9.17, 15) is 13.6 Å². The molecule has 2 aromatic carbocycles. The number of carbonyl (C=O) groups is 1. The van der Waals surface area contributed by atoms with E-state index in [2.05, 4.69) is 37.7 Å². The Kier molecular flexibility index (Phi) is 6.21. The molecule has 4 nitrogen and oxygen atoms in total. The quantitative estimate of drug-likeness (QED) is 0.726. The molecule has 26 heavy (non-hydrogen) atoms. The summed E-state index contributed by atoms with van der Waals surface area (Å²) in [5.74, 6) is -0.388. The van der Waals surface area contributed by atoms with Crippen LogP contribution >= 0.6 is 15.9 Å². The first-order chi connectivity index (χ1) is 12.5. The van der Waals surface area contributed by atoms with Gasteiger partial charge < -0.3 is 9.64 Å². The Morgan fingerprint density at radius 3 is 2.42 bits per heavy atom. The summed E-state index contributed by atoms with van der Waals surface area (Å²) in [6, 6.07) is 14.6. The van der Waals surface area contributed by atoms with Gasteiger partial charge in [-0.2, -0.15) is 8.78 Å². The van der Waals surface area contributed by atoms with Crippen molar-refractivity contribution in [2.75, 3.05) is 26.2 Å². The zero-order valence-electron chi connectivity index (χ0n) is 14.1. The number of alkyl halides is 2.